The van der Waals surface area contributed by atoms with E-state index in [-0.39, 0.29) is 11.8 Å². The Labute approximate surface area is 204 Å². The fourth-order valence-electron chi connectivity index (χ4n) is 4.62. The van der Waals surface area contributed by atoms with Crippen LogP contribution < -0.4 is 19.1 Å². The minimum Gasteiger partial charge on any atom is -0.497 e. The highest BCUT2D eigenvalue weighted by Gasteiger charge is 2.34. The third-order valence-corrected chi connectivity index (χ3v) is 6.41. The molecule has 0 saturated carbocycles. The number of rotatable bonds is 9. The Morgan fingerprint density at radius 1 is 0.886 bits per heavy atom. The monoisotopic (exact) mass is 471 g/mol. The summed E-state index contributed by atoms with van der Waals surface area (Å²) in [6.45, 7) is 1.95. The highest BCUT2D eigenvalue weighted by Crippen LogP contribution is 2.34. The molecule has 180 valence electrons. The molecule has 1 atom stereocenters. The van der Waals surface area contributed by atoms with Gasteiger partial charge in [0.1, 0.15) is 23.1 Å². The molecule has 1 saturated heterocycles. The zero-order valence-corrected chi connectivity index (χ0v) is 20.0. The van der Waals surface area contributed by atoms with Gasteiger partial charge in [-0.1, -0.05) is 12.1 Å². The highest BCUT2D eigenvalue weighted by molar-refractivity contribution is 5.96. The van der Waals surface area contributed by atoms with Crippen LogP contribution in [0.5, 0.6) is 17.2 Å². The lowest BCUT2D eigenvalue weighted by Gasteiger charge is -2.18. The number of hydrogen-bond donors (Lipinski definition) is 0. The largest absolute Gasteiger partial charge is 0.497 e. The van der Waals surface area contributed by atoms with Crippen LogP contribution in [0.25, 0.3) is 11.0 Å². The van der Waals surface area contributed by atoms with Crippen molar-refractivity contribution in [1.82, 2.24) is 9.55 Å². The van der Waals surface area contributed by atoms with Gasteiger partial charge in [-0.3, -0.25) is 4.79 Å². The van der Waals surface area contributed by atoms with Crippen molar-refractivity contribution in [2.75, 3.05) is 32.3 Å². The molecule has 0 radical (unpaired) electrons. The van der Waals surface area contributed by atoms with Crippen molar-refractivity contribution in [3.8, 4) is 17.2 Å². The lowest BCUT2D eigenvalue weighted by Crippen LogP contribution is -2.24. The van der Waals surface area contributed by atoms with E-state index in [1.807, 2.05) is 71.6 Å². The second-order valence-corrected chi connectivity index (χ2v) is 8.59. The number of hydrogen-bond acceptors (Lipinski definition) is 5. The van der Waals surface area contributed by atoms with E-state index in [1.54, 1.807) is 14.2 Å². The molecular formula is C28H29N3O4. The number of carbonyl (C=O) groups excluding carboxylic acids is 1. The number of imidazole rings is 1. The quantitative estimate of drug-likeness (QED) is 0.320. The molecule has 1 aromatic heterocycles. The molecule has 0 bridgehead atoms. The third-order valence-electron chi connectivity index (χ3n) is 6.41. The number of anilines is 1. The maximum atomic E-state index is 12.9. The smallest absolute Gasteiger partial charge is 0.227 e. The Balaban J connectivity index is 1.31. The second kappa shape index (κ2) is 10.1. The summed E-state index contributed by atoms with van der Waals surface area (Å²) in [5, 5.41) is 0. The number of para-hydroxylation sites is 2. The van der Waals surface area contributed by atoms with Crippen molar-refractivity contribution in [3.63, 3.8) is 0 Å². The van der Waals surface area contributed by atoms with Gasteiger partial charge >= 0.3 is 0 Å². The standard InChI is InChI=1S/C28H29N3O4/c1-33-22-10-8-21(9-11-22)31-19-20(18-27(31)32)28-29-25-6-3-4-7-26(25)30(28)16-5-17-35-24-14-12-23(34-2)13-15-24/h3-4,6-15,20H,5,16-19H2,1-2H3/t20-/m0/s1. The van der Waals surface area contributed by atoms with E-state index >= 15 is 0 Å². The maximum Gasteiger partial charge on any atom is 0.227 e. The lowest BCUT2D eigenvalue weighted by atomic mass is 10.1. The Morgan fingerprint density at radius 2 is 1.54 bits per heavy atom. The van der Waals surface area contributed by atoms with Crippen LogP contribution in [0.4, 0.5) is 5.69 Å². The molecule has 5 rings (SSSR count). The summed E-state index contributed by atoms with van der Waals surface area (Å²) in [5.74, 6) is 3.50. The molecule has 1 aliphatic heterocycles. The summed E-state index contributed by atoms with van der Waals surface area (Å²) in [6, 6.07) is 23.4. The van der Waals surface area contributed by atoms with Gasteiger partial charge < -0.3 is 23.7 Å². The number of amides is 1. The first-order chi connectivity index (χ1) is 17.2. The highest BCUT2D eigenvalue weighted by atomic mass is 16.5. The van der Waals surface area contributed by atoms with Gasteiger partial charge in [-0.15, -0.1) is 0 Å². The SMILES string of the molecule is COc1ccc(OCCCn2c([C@H]3CC(=O)N(c4ccc(OC)cc4)C3)nc3ccccc32)cc1. The number of ether oxygens (including phenoxy) is 3. The molecule has 35 heavy (non-hydrogen) atoms. The average molecular weight is 472 g/mol. The summed E-state index contributed by atoms with van der Waals surface area (Å²) >= 11 is 0. The summed E-state index contributed by atoms with van der Waals surface area (Å²) in [5.41, 5.74) is 2.92. The van der Waals surface area contributed by atoms with Crippen molar-refractivity contribution in [1.29, 1.82) is 0 Å². The minimum atomic E-state index is 0.0273. The van der Waals surface area contributed by atoms with Gasteiger partial charge in [0, 0.05) is 31.1 Å². The lowest BCUT2D eigenvalue weighted by molar-refractivity contribution is -0.117. The van der Waals surface area contributed by atoms with Crippen LogP contribution in [0.15, 0.2) is 72.8 Å². The Hall–Kier alpha value is -4.00. The van der Waals surface area contributed by atoms with E-state index in [9.17, 15) is 4.79 Å². The molecule has 0 aliphatic carbocycles. The molecule has 1 fully saturated rings. The molecule has 7 nitrogen and oxygen atoms in total. The fourth-order valence-corrected chi connectivity index (χ4v) is 4.62. The van der Waals surface area contributed by atoms with Crippen molar-refractivity contribution in [3.05, 3.63) is 78.6 Å². The molecule has 0 spiro atoms. The normalized spacial score (nSPS) is 15.5. The third kappa shape index (κ3) is 4.80. The van der Waals surface area contributed by atoms with Crippen LogP contribution >= 0.6 is 0 Å². The van der Waals surface area contributed by atoms with Gasteiger partial charge in [0.25, 0.3) is 0 Å². The maximum absolute atomic E-state index is 12.9. The number of carbonyl (C=O) groups is 1. The van der Waals surface area contributed by atoms with Crippen LogP contribution in [-0.4, -0.2) is 42.8 Å². The number of aryl methyl sites for hydroxylation is 1. The van der Waals surface area contributed by atoms with Gasteiger partial charge in [-0.25, -0.2) is 4.98 Å². The van der Waals surface area contributed by atoms with Gasteiger partial charge in [0.2, 0.25) is 5.91 Å². The number of methoxy groups -OCH3 is 2. The van der Waals surface area contributed by atoms with E-state index in [0.717, 1.165) is 52.8 Å². The topological polar surface area (TPSA) is 65.8 Å². The molecule has 1 aliphatic rings. The van der Waals surface area contributed by atoms with E-state index in [4.69, 9.17) is 19.2 Å². The minimum absolute atomic E-state index is 0.0273. The first-order valence-electron chi connectivity index (χ1n) is 11.8. The first kappa shape index (κ1) is 22.8. The van der Waals surface area contributed by atoms with E-state index < -0.39 is 0 Å². The van der Waals surface area contributed by atoms with Crippen molar-refractivity contribution in [2.24, 2.45) is 0 Å². The predicted molar refractivity (Wildman–Crippen MR) is 136 cm³/mol. The van der Waals surface area contributed by atoms with Crippen molar-refractivity contribution >= 4 is 22.6 Å². The molecule has 1 amide bonds. The van der Waals surface area contributed by atoms with Crippen LogP contribution in [0.2, 0.25) is 0 Å². The van der Waals surface area contributed by atoms with Crippen molar-refractivity contribution in [2.45, 2.75) is 25.3 Å². The van der Waals surface area contributed by atoms with Crippen LogP contribution in [-0.2, 0) is 11.3 Å². The predicted octanol–water partition coefficient (Wildman–Crippen LogP) is 5.04. The van der Waals surface area contributed by atoms with E-state index in [1.165, 1.54) is 0 Å². The summed E-state index contributed by atoms with van der Waals surface area (Å²) in [7, 11) is 3.29. The van der Waals surface area contributed by atoms with Crippen LogP contribution in [0.1, 0.15) is 24.6 Å². The van der Waals surface area contributed by atoms with Crippen LogP contribution in [0, 0.1) is 0 Å². The zero-order valence-electron chi connectivity index (χ0n) is 20.0. The Morgan fingerprint density at radius 3 is 2.26 bits per heavy atom. The molecule has 7 heteroatoms. The van der Waals surface area contributed by atoms with Gasteiger partial charge in [0.05, 0.1) is 31.9 Å². The number of nitrogens with zero attached hydrogens (tertiary/aromatic N) is 3. The average Bonchev–Trinajstić information content (AvgIpc) is 3.47. The number of aromatic nitrogens is 2. The summed E-state index contributed by atoms with van der Waals surface area (Å²) in [4.78, 5) is 19.7. The zero-order chi connectivity index (χ0) is 24.2. The second-order valence-electron chi connectivity index (χ2n) is 8.59. The summed E-state index contributed by atoms with van der Waals surface area (Å²) in [6.07, 6.45) is 1.26. The van der Waals surface area contributed by atoms with Gasteiger partial charge in [0.15, 0.2) is 0 Å². The van der Waals surface area contributed by atoms with E-state index in [0.29, 0.717) is 19.6 Å². The molecule has 3 aromatic carbocycles. The number of benzene rings is 3. The van der Waals surface area contributed by atoms with Crippen LogP contribution in [0.3, 0.4) is 0 Å². The Kier molecular flexibility index (Phi) is 6.57. The van der Waals surface area contributed by atoms with E-state index in [2.05, 4.69) is 10.6 Å². The molecule has 0 N–H and O–H groups in total. The molecule has 0 unspecified atom stereocenters. The number of fused-ring (bicyclic) bond motifs is 1. The van der Waals surface area contributed by atoms with Gasteiger partial charge in [-0.05, 0) is 67.1 Å². The first-order valence-corrected chi connectivity index (χ1v) is 11.8. The molecule has 4 aromatic rings. The molecule has 2 heterocycles. The Bertz CT molecular complexity index is 1300. The summed E-state index contributed by atoms with van der Waals surface area (Å²) < 4.78 is 18.6. The van der Waals surface area contributed by atoms with Crippen molar-refractivity contribution < 1.29 is 19.0 Å². The fraction of sp³-hybridized carbons (Fsp3) is 0.286. The molecular weight excluding hydrogens is 442 g/mol. The van der Waals surface area contributed by atoms with Gasteiger partial charge in [-0.2, -0.15) is 0 Å².